The summed E-state index contributed by atoms with van der Waals surface area (Å²) in [6, 6.07) is 1.94. The summed E-state index contributed by atoms with van der Waals surface area (Å²) in [7, 11) is 0. The number of nitriles is 1. The lowest BCUT2D eigenvalue weighted by Crippen LogP contribution is -2.35. The van der Waals surface area contributed by atoms with Gasteiger partial charge < -0.3 is 5.32 Å². The van der Waals surface area contributed by atoms with E-state index >= 15 is 0 Å². The summed E-state index contributed by atoms with van der Waals surface area (Å²) < 4.78 is 0. The van der Waals surface area contributed by atoms with Crippen molar-refractivity contribution in [1.82, 2.24) is 5.32 Å². The zero-order chi connectivity index (χ0) is 6.69. The van der Waals surface area contributed by atoms with E-state index in [0.717, 1.165) is 6.54 Å². The minimum absolute atomic E-state index is 0.0799. The van der Waals surface area contributed by atoms with Crippen LogP contribution in [-0.2, 0) is 4.79 Å². The molecule has 0 spiro atoms. The van der Waals surface area contributed by atoms with Crippen molar-refractivity contribution >= 4 is 5.78 Å². The van der Waals surface area contributed by atoms with Gasteiger partial charge in [0.2, 0.25) is 0 Å². The van der Waals surface area contributed by atoms with E-state index in [1.807, 2.05) is 6.07 Å². The largest absolute Gasteiger partial charge is 0.315 e. The molecule has 0 unspecified atom stereocenters. The van der Waals surface area contributed by atoms with Crippen LogP contribution >= 0.6 is 0 Å². The normalized spacial score (nSPS) is 27.4. The summed E-state index contributed by atoms with van der Waals surface area (Å²) in [5.74, 6) is -0.310. The molecule has 1 atom stereocenters. The Labute approximate surface area is 53.7 Å². The number of carbonyl (C=O) groups excluding carboxylic acids is 1. The van der Waals surface area contributed by atoms with Gasteiger partial charge in [-0.25, -0.2) is 0 Å². The quantitative estimate of drug-likeness (QED) is 0.482. The first kappa shape index (κ1) is 6.24. The second kappa shape index (κ2) is 2.60. The van der Waals surface area contributed by atoms with E-state index in [9.17, 15) is 4.79 Å². The third-order valence-corrected chi connectivity index (χ3v) is 1.44. The summed E-state index contributed by atoms with van der Waals surface area (Å²) in [6.45, 7) is 1.27. The van der Waals surface area contributed by atoms with Crippen LogP contribution in [0.5, 0.6) is 0 Å². The highest BCUT2D eigenvalue weighted by atomic mass is 16.1. The number of carbonyl (C=O) groups is 1. The average molecular weight is 124 g/mol. The van der Waals surface area contributed by atoms with E-state index in [2.05, 4.69) is 5.32 Å². The van der Waals surface area contributed by atoms with Gasteiger partial charge in [-0.2, -0.15) is 5.26 Å². The highest BCUT2D eigenvalue weighted by molar-refractivity contribution is 5.84. The zero-order valence-corrected chi connectivity index (χ0v) is 5.05. The molecule has 1 heterocycles. The van der Waals surface area contributed by atoms with Crippen LogP contribution in [0.3, 0.4) is 0 Å². The first-order chi connectivity index (χ1) is 4.34. The summed E-state index contributed by atoms with van der Waals surface area (Å²) in [5, 5.41) is 11.3. The molecule has 0 aromatic carbocycles. The van der Waals surface area contributed by atoms with Gasteiger partial charge in [-0.15, -0.1) is 0 Å². The molecule has 1 N–H and O–H groups in total. The first-order valence-corrected chi connectivity index (χ1v) is 2.97. The minimum Gasteiger partial charge on any atom is -0.315 e. The monoisotopic (exact) mass is 124 g/mol. The number of hydrogen-bond acceptors (Lipinski definition) is 3. The molecule has 0 saturated carbocycles. The predicted molar refractivity (Wildman–Crippen MR) is 31.6 cm³/mol. The number of rotatable bonds is 0. The van der Waals surface area contributed by atoms with Crippen LogP contribution in [0.15, 0.2) is 0 Å². The molecular weight excluding hydrogens is 116 g/mol. The maximum absolute atomic E-state index is 10.8. The van der Waals surface area contributed by atoms with E-state index in [1.165, 1.54) is 0 Å². The maximum Gasteiger partial charge on any atom is 0.152 e. The Hall–Kier alpha value is -0.880. The Morgan fingerprint density at radius 1 is 1.78 bits per heavy atom. The van der Waals surface area contributed by atoms with Gasteiger partial charge >= 0.3 is 0 Å². The van der Waals surface area contributed by atoms with Crippen molar-refractivity contribution < 1.29 is 4.79 Å². The number of ketones is 1. The molecule has 0 amide bonds. The maximum atomic E-state index is 10.8. The molecule has 1 aliphatic rings. The SMILES string of the molecule is N#C[C@H]1CNCCC1=O. The van der Waals surface area contributed by atoms with E-state index < -0.39 is 5.92 Å². The van der Waals surface area contributed by atoms with Gasteiger partial charge in [0.05, 0.1) is 6.07 Å². The fraction of sp³-hybridized carbons (Fsp3) is 0.667. The number of piperidine rings is 1. The van der Waals surface area contributed by atoms with Crippen LogP contribution in [-0.4, -0.2) is 18.9 Å². The number of hydrogen-bond donors (Lipinski definition) is 1. The van der Waals surface area contributed by atoms with Crippen LogP contribution in [0.4, 0.5) is 0 Å². The molecule has 3 nitrogen and oxygen atoms in total. The molecule has 1 fully saturated rings. The Bertz CT molecular complexity index is 159. The Morgan fingerprint density at radius 2 is 2.56 bits per heavy atom. The van der Waals surface area contributed by atoms with E-state index in [0.29, 0.717) is 13.0 Å². The molecule has 48 valence electrons. The molecule has 0 aromatic heterocycles. The van der Waals surface area contributed by atoms with Crippen LogP contribution < -0.4 is 5.32 Å². The number of nitrogens with one attached hydrogen (secondary N) is 1. The van der Waals surface area contributed by atoms with Crippen molar-refractivity contribution in [3.63, 3.8) is 0 Å². The Morgan fingerprint density at radius 3 is 3.00 bits per heavy atom. The lowest BCUT2D eigenvalue weighted by atomic mass is 10.0. The van der Waals surface area contributed by atoms with Crippen molar-refractivity contribution in [3.8, 4) is 6.07 Å². The lowest BCUT2D eigenvalue weighted by molar-refractivity contribution is -0.122. The predicted octanol–water partition coefficient (Wildman–Crippen LogP) is -0.311. The van der Waals surface area contributed by atoms with E-state index in [4.69, 9.17) is 5.26 Å². The molecule has 0 radical (unpaired) electrons. The van der Waals surface area contributed by atoms with Crippen molar-refractivity contribution in [1.29, 1.82) is 5.26 Å². The van der Waals surface area contributed by atoms with Gasteiger partial charge in [-0.05, 0) is 0 Å². The third kappa shape index (κ3) is 1.27. The van der Waals surface area contributed by atoms with Crippen LogP contribution in [0.25, 0.3) is 0 Å². The van der Waals surface area contributed by atoms with Gasteiger partial charge in [-0.3, -0.25) is 4.79 Å². The second-order valence-corrected chi connectivity index (χ2v) is 2.10. The van der Waals surface area contributed by atoms with E-state index in [1.54, 1.807) is 0 Å². The van der Waals surface area contributed by atoms with Gasteiger partial charge in [0.15, 0.2) is 5.78 Å². The molecule has 0 bridgehead atoms. The smallest absolute Gasteiger partial charge is 0.152 e. The molecule has 1 aliphatic heterocycles. The number of nitrogens with zero attached hydrogens (tertiary/aromatic N) is 1. The summed E-state index contributed by atoms with van der Waals surface area (Å²) in [6.07, 6.45) is 0.512. The standard InChI is InChI=1S/C6H8N2O/c7-3-5-4-8-2-1-6(5)9/h5,8H,1-2,4H2/t5-/m0/s1. The molecule has 3 heteroatoms. The van der Waals surface area contributed by atoms with Crippen molar-refractivity contribution in [3.05, 3.63) is 0 Å². The van der Waals surface area contributed by atoms with Gasteiger partial charge in [0, 0.05) is 19.5 Å². The molecule has 1 rings (SSSR count). The molecule has 1 saturated heterocycles. The average Bonchev–Trinajstić information content (AvgIpc) is 1.89. The first-order valence-electron chi connectivity index (χ1n) is 2.97. The Kier molecular flexibility index (Phi) is 1.81. The topological polar surface area (TPSA) is 52.9 Å². The Balaban J connectivity index is 2.51. The summed E-state index contributed by atoms with van der Waals surface area (Å²) >= 11 is 0. The van der Waals surface area contributed by atoms with Gasteiger partial charge in [-0.1, -0.05) is 0 Å². The minimum atomic E-state index is -0.390. The summed E-state index contributed by atoms with van der Waals surface area (Å²) in [4.78, 5) is 10.8. The van der Waals surface area contributed by atoms with Crippen molar-refractivity contribution in [2.45, 2.75) is 6.42 Å². The lowest BCUT2D eigenvalue weighted by Gasteiger charge is -2.14. The molecule has 0 aromatic rings. The molecule has 0 aliphatic carbocycles. The molecular formula is C6H8N2O. The van der Waals surface area contributed by atoms with Crippen LogP contribution in [0.1, 0.15) is 6.42 Å². The highest BCUT2D eigenvalue weighted by Gasteiger charge is 2.20. The van der Waals surface area contributed by atoms with Crippen molar-refractivity contribution in [2.24, 2.45) is 5.92 Å². The van der Waals surface area contributed by atoms with Crippen LogP contribution in [0.2, 0.25) is 0 Å². The van der Waals surface area contributed by atoms with Gasteiger partial charge in [0.25, 0.3) is 0 Å². The zero-order valence-electron chi connectivity index (χ0n) is 5.05. The fourth-order valence-corrected chi connectivity index (χ4v) is 0.864. The fourth-order valence-electron chi connectivity index (χ4n) is 0.864. The van der Waals surface area contributed by atoms with Crippen LogP contribution in [0, 0.1) is 17.2 Å². The summed E-state index contributed by atoms with van der Waals surface area (Å²) in [5.41, 5.74) is 0. The third-order valence-electron chi connectivity index (χ3n) is 1.44. The molecule has 9 heavy (non-hydrogen) atoms. The second-order valence-electron chi connectivity index (χ2n) is 2.10. The van der Waals surface area contributed by atoms with Gasteiger partial charge in [0.1, 0.15) is 5.92 Å². The highest BCUT2D eigenvalue weighted by Crippen LogP contribution is 2.02. The van der Waals surface area contributed by atoms with Crippen molar-refractivity contribution in [2.75, 3.05) is 13.1 Å². The van der Waals surface area contributed by atoms with E-state index in [-0.39, 0.29) is 5.78 Å². The number of Topliss-reactive ketones (excluding diaryl/α,β-unsaturated/α-hetero) is 1.